The number of carbonyl (C=O) groups excluding carboxylic acids is 2. The van der Waals surface area contributed by atoms with E-state index in [0.29, 0.717) is 18.1 Å². The first-order valence-electron chi connectivity index (χ1n) is 12.2. The number of hydrogen-bond donors (Lipinski definition) is 1. The third-order valence-corrected chi connectivity index (χ3v) is 5.35. The van der Waals surface area contributed by atoms with Crippen molar-refractivity contribution in [2.45, 2.75) is 13.8 Å². The van der Waals surface area contributed by atoms with Crippen molar-refractivity contribution >= 4 is 42.4 Å². The summed E-state index contributed by atoms with van der Waals surface area (Å²) in [5, 5.41) is 16.7. The second kappa shape index (κ2) is 31.1. The van der Waals surface area contributed by atoms with Gasteiger partial charge in [0, 0.05) is 45.1 Å². The maximum Gasteiger partial charge on any atom is 1.00 e. The van der Waals surface area contributed by atoms with Crippen molar-refractivity contribution in [2.24, 2.45) is 0 Å². The van der Waals surface area contributed by atoms with Gasteiger partial charge in [-0.05, 0) is 38.1 Å². The van der Waals surface area contributed by atoms with Crippen molar-refractivity contribution in [1.82, 2.24) is 9.80 Å². The van der Waals surface area contributed by atoms with Crippen LogP contribution in [0.3, 0.4) is 0 Å². The molecule has 2 fully saturated rings. The number of carboxylic acid groups (broad SMARTS) is 1. The fourth-order valence-corrected chi connectivity index (χ4v) is 3.44. The Morgan fingerprint density at radius 2 is 1.36 bits per heavy atom. The van der Waals surface area contributed by atoms with Crippen LogP contribution in [-0.2, 0) is 23.9 Å². The van der Waals surface area contributed by atoms with E-state index in [1.54, 1.807) is 32.0 Å². The Morgan fingerprint density at radius 1 is 0.929 bits per heavy atom. The molecule has 0 radical (unpaired) electrons. The molecule has 0 aromatic carbocycles. The van der Waals surface area contributed by atoms with Crippen LogP contribution >= 0.6 is 24.0 Å². The number of esters is 1. The number of ether oxygens (including phenoxy) is 3. The number of aryl methyl sites for hydroxylation is 2. The molecule has 13 nitrogen and oxygen atoms in total. The number of rotatable bonds is 8. The Bertz CT molecular complexity index is 959. The van der Waals surface area contributed by atoms with Gasteiger partial charge in [0.05, 0.1) is 26.4 Å². The Hall–Kier alpha value is 1.45. The monoisotopic (exact) mass is 878 g/mol. The van der Waals surface area contributed by atoms with E-state index in [2.05, 4.69) is 14.7 Å². The van der Waals surface area contributed by atoms with Crippen molar-refractivity contribution < 1.29 is 192 Å². The fraction of sp³-hybridized carbons (Fsp3) is 0.560. The van der Waals surface area contributed by atoms with Crippen LogP contribution in [0, 0.1) is 13.8 Å². The van der Waals surface area contributed by atoms with Crippen LogP contribution in [-0.4, -0.2) is 112 Å². The van der Waals surface area contributed by atoms with Crippen LogP contribution in [0.15, 0.2) is 33.1 Å². The molecule has 0 spiro atoms. The van der Waals surface area contributed by atoms with Gasteiger partial charge in [-0.25, -0.2) is 9.59 Å². The minimum absolute atomic E-state index is 0. The fourth-order valence-electron chi connectivity index (χ4n) is 3.20. The Balaban J connectivity index is -0.000000253. The van der Waals surface area contributed by atoms with E-state index < -0.39 is 11.9 Å². The predicted molar refractivity (Wildman–Crippen MR) is 145 cm³/mol. The van der Waals surface area contributed by atoms with Crippen molar-refractivity contribution in [3.8, 4) is 0 Å². The van der Waals surface area contributed by atoms with E-state index in [-0.39, 0.29) is 170 Å². The van der Waals surface area contributed by atoms with Gasteiger partial charge in [0.15, 0.2) is 0 Å². The molecule has 0 saturated carbocycles. The molecule has 230 valence electrons. The molecule has 42 heavy (non-hydrogen) atoms. The molecule has 1 N–H and O–H groups in total. The van der Waals surface area contributed by atoms with E-state index in [1.807, 2.05) is 0 Å². The number of aromatic carboxylic acids is 1. The van der Waals surface area contributed by atoms with Crippen molar-refractivity contribution in [3.05, 3.63) is 47.3 Å². The number of carbonyl (C=O) groups is 3. The summed E-state index contributed by atoms with van der Waals surface area (Å²) in [5.74, 6) is 0.906. The second-order valence-corrected chi connectivity index (χ2v) is 8.43. The van der Waals surface area contributed by atoms with Gasteiger partial charge < -0.3 is 39.7 Å². The van der Waals surface area contributed by atoms with E-state index in [0.717, 1.165) is 71.6 Å². The molecule has 2 aliphatic heterocycles. The average molecular weight is 879 g/mol. The van der Waals surface area contributed by atoms with Gasteiger partial charge in [-0.3, -0.25) is 14.6 Å². The third kappa shape index (κ3) is 23.7. The molecule has 4 heterocycles. The topological polar surface area (TPSA) is 164 Å². The molecule has 0 unspecified atom stereocenters. The van der Waals surface area contributed by atoms with Gasteiger partial charge in [0.1, 0.15) is 18.1 Å². The van der Waals surface area contributed by atoms with Crippen LogP contribution in [0.2, 0.25) is 0 Å². The molecule has 4 rings (SSSR count). The molecule has 0 amide bonds. The molecule has 0 bridgehead atoms. The van der Waals surface area contributed by atoms with Gasteiger partial charge in [-0.2, -0.15) is 0 Å². The molecular formula is C25H38Cl2Cs2N2O11. The summed E-state index contributed by atoms with van der Waals surface area (Å²) in [4.78, 5) is 37.4. The predicted octanol–water partition coefficient (Wildman–Crippen LogP) is -4.10. The van der Waals surface area contributed by atoms with E-state index in [4.69, 9.17) is 49.8 Å². The Morgan fingerprint density at radius 3 is 1.69 bits per heavy atom. The molecular weight excluding hydrogens is 841 g/mol. The Labute approximate surface area is 376 Å². The largest absolute Gasteiger partial charge is 1.00 e. The summed E-state index contributed by atoms with van der Waals surface area (Å²) < 4.78 is 25.5. The SMILES string of the molecule is Cc1ccc(C(=O)O)o1.Cc1ccc(C(=O)OCCN2CCOCC2)o1.Cl.ClCCN1CCOCC1.O=CO[O-].[Cs+].[Cs+].[H-]. The molecule has 0 atom stereocenters. The summed E-state index contributed by atoms with van der Waals surface area (Å²) in [6.45, 7) is 12.6. The van der Waals surface area contributed by atoms with Crippen molar-refractivity contribution in [1.29, 1.82) is 0 Å². The standard InChI is InChI=1S/C12H17NO4.C6H12ClNO.C6H6O3.CH2O3.ClH.2Cs.H/c1-10-2-3-11(17-10)12(14)16-9-6-13-4-7-15-8-5-13;7-1-2-8-3-5-9-6-4-8;1-4-2-3-5(9-4)6(7)8;2-1-4-3;;;;/h2-3H,4-9H2,1H3;1-6H2;2-3H,1H3,(H,7,8);1,3H;1H;;;/q;;;;;2*+1;-1/p-1. The second-order valence-electron chi connectivity index (χ2n) is 8.05. The molecule has 2 aromatic heterocycles. The number of carboxylic acids is 1. The van der Waals surface area contributed by atoms with E-state index in [1.165, 1.54) is 6.07 Å². The molecule has 2 aliphatic rings. The van der Waals surface area contributed by atoms with Crippen molar-refractivity contribution in [3.63, 3.8) is 0 Å². The number of morpholine rings is 2. The zero-order valence-electron chi connectivity index (χ0n) is 25.6. The van der Waals surface area contributed by atoms with E-state index >= 15 is 0 Å². The zero-order chi connectivity index (χ0) is 28.9. The molecule has 2 aromatic rings. The number of nitrogens with zero attached hydrogens (tertiary/aromatic N) is 2. The third-order valence-electron chi connectivity index (χ3n) is 5.18. The van der Waals surface area contributed by atoms with Gasteiger partial charge >= 0.3 is 150 Å². The maximum atomic E-state index is 11.5. The number of alkyl halides is 1. The minimum Gasteiger partial charge on any atom is -1.00 e. The normalized spacial score (nSPS) is 14.2. The molecule has 17 heteroatoms. The summed E-state index contributed by atoms with van der Waals surface area (Å²) in [6.07, 6.45) is 0. The summed E-state index contributed by atoms with van der Waals surface area (Å²) in [6, 6.07) is 6.42. The zero-order valence-corrected chi connectivity index (χ0v) is 38.7. The Kier molecular flexibility index (Phi) is 35.4. The van der Waals surface area contributed by atoms with Crippen molar-refractivity contribution in [2.75, 3.05) is 78.2 Å². The quantitative estimate of drug-likeness (QED) is 0.0897. The average Bonchev–Trinajstić information content (AvgIpc) is 3.59. The van der Waals surface area contributed by atoms with Gasteiger partial charge in [-0.1, -0.05) is 0 Å². The van der Waals surface area contributed by atoms with Crippen LogP contribution in [0.25, 0.3) is 0 Å². The first-order chi connectivity index (χ1) is 18.8. The minimum atomic E-state index is -1.02. The number of hydrogen-bond acceptors (Lipinski definition) is 12. The number of furan rings is 2. The first-order valence-corrected chi connectivity index (χ1v) is 12.8. The van der Waals surface area contributed by atoms with Crippen LogP contribution in [0.4, 0.5) is 0 Å². The van der Waals surface area contributed by atoms with Crippen LogP contribution < -0.4 is 143 Å². The first kappa shape index (κ1) is 47.9. The summed E-state index contributed by atoms with van der Waals surface area (Å²) >= 11 is 5.55. The molecule has 2 saturated heterocycles. The smallest absolute Gasteiger partial charge is 1.00 e. The van der Waals surface area contributed by atoms with Crippen LogP contribution in [0.1, 0.15) is 34.1 Å². The van der Waals surface area contributed by atoms with Gasteiger partial charge in [-0.15, -0.1) is 24.0 Å². The summed E-state index contributed by atoms with van der Waals surface area (Å²) in [5.41, 5.74) is 0. The summed E-state index contributed by atoms with van der Waals surface area (Å²) in [7, 11) is 0. The van der Waals surface area contributed by atoms with Gasteiger partial charge in [0.2, 0.25) is 11.5 Å². The maximum absolute atomic E-state index is 11.5. The molecule has 0 aliphatic carbocycles. The number of halogens is 2. The van der Waals surface area contributed by atoms with E-state index in [9.17, 15) is 9.59 Å². The van der Waals surface area contributed by atoms with Crippen LogP contribution in [0.5, 0.6) is 0 Å². The van der Waals surface area contributed by atoms with Gasteiger partial charge in [0.25, 0.3) is 6.47 Å².